The first-order valence-electron chi connectivity index (χ1n) is 2.35. The molecule has 0 aliphatic heterocycles. The Bertz CT molecular complexity index is 90.4. The molecule has 1 heteroatoms. The largest absolute Gasteiger partial charge is 0.106 e. The summed E-state index contributed by atoms with van der Waals surface area (Å²) < 4.78 is 0. The van der Waals surface area contributed by atoms with Crippen molar-refractivity contribution in [3.63, 3.8) is 0 Å². The van der Waals surface area contributed by atoms with E-state index < -0.39 is 0 Å². The summed E-state index contributed by atoms with van der Waals surface area (Å²) in [7, 11) is 2.63. The molecular formula is C6H11P. The number of allylic oxidation sites excluding steroid dienone is 4. The van der Waals surface area contributed by atoms with Crippen molar-refractivity contribution in [2.75, 3.05) is 0 Å². The van der Waals surface area contributed by atoms with Crippen LogP contribution in [0, 0.1) is 0 Å². The summed E-state index contributed by atoms with van der Waals surface area (Å²) in [6.45, 7) is 4.02. The average molecular weight is 114 g/mol. The Kier molecular flexibility index (Phi) is 4.03. The lowest BCUT2D eigenvalue weighted by atomic mass is 10.4. The Morgan fingerprint density at radius 3 is 2.14 bits per heavy atom. The van der Waals surface area contributed by atoms with Gasteiger partial charge in [0, 0.05) is 0 Å². The van der Waals surface area contributed by atoms with Crippen LogP contribution < -0.4 is 0 Å². The molecule has 0 radical (unpaired) electrons. The maximum Gasteiger partial charge on any atom is -0.0348 e. The Hall–Kier alpha value is -0.0900. The second-order valence-corrected chi connectivity index (χ2v) is 1.96. The summed E-state index contributed by atoms with van der Waals surface area (Å²) in [5.41, 5.74) is 0. The van der Waals surface area contributed by atoms with E-state index in [1.54, 1.807) is 0 Å². The molecule has 40 valence electrons. The van der Waals surface area contributed by atoms with Gasteiger partial charge in [-0.15, -0.1) is 9.24 Å². The molecule has 0 nitrogen and oxygen atoms in total. The number of hydrogen-bond donors (Lipinski definition) is 0. The summed E-state index contributed by atoms with van der Waals surface area (Å²) in [6, 6.07) is 0. The minimum atomic E-state index is 1.24. The standard InChI is InChI=1S/C6H11P/c1-3-5-6(7)4-2/h3-5H,7H2,1-2H3/b5-3-,6-4+. The average Bonchev–Trinajstić information content (AvgIpc) is 1.68. The quantitative estimate of drug-likeness (QED) is 0.362. The lowest BCUT2D eigenvalue weighted by Crippen LogP contribution is -1.53. The first-order valence-corrected chi connectivity index (χ1v) is 2.93. The second kappa shape index (κ2) is 4.08. The fourth-order valence-electron chi connectivity index (χ4n) is 0.289. The Balaban J connectivity index is 3.58. The molecule has 0 amide bonds. The van der Waals surface area contributed by atoms with Crippen molar-refractivity contribution in [2.24, 2.45) is 0 Å². The molecule has 0 N–H and O–H groups in total. The van der Waals surface area contributed by atoms with Crippen LogP contribution in [0.1, 0.15) is 13.8 Å². The van der Waals surface area contributed by atoms with Crippen LogP contribution in [0.15, 0.2) is 23.5 Å². The van der Waals surface area contributed by atoms with E-state index in [1.165, 1.54) is 5.31 Å². The predicted octanol–water partition coefficient (Wildman–Crippen LogP) is 2.34. The predicted molar refractivity (Wildman–Crippen MR) is 38.3 cm³/mol. The highest BCUT2D eigenvalue weighted by atomic mass is 31.0. The van der Waals surface area contributed by atoms with Crippen LogP contribution >= 0.6 is 9.24 Å². The normalized spacial score (nSPS) is 13.3. The zero-order valence-electron chi connectivity index (χ0n) is 4.81. The summed E-state index contributed by atoms with van der Waals surface area (Å²) in [5.74, 6) is 0. The van der Waals surface area contributed by atoms with Gasteiger partial charge in [-0.3, -0.25) is 0 Å². The third kappa shape index (κ3) is 3.75. The maximum absolute atomic E-state index is 2.63. The molecule has 1 unspecified atom stereocenters. The summed E-state index contributed by atoms with van der Waals surface area (Å²) in [4.78, 5) is 0. The van der Waals surface area contributed by atoms with Crippen LogP contribution in [0.25, 0.3) is 0 Å². The van der Waals surface area contributed by atoms with Crippen molar-refractivity contribution in [2.45, 2.75) is 13.8 Å². The maximum atomic E-state index is 2.63. The molecule has 0 aromatic heterocycles. The molecule has 0 spiro atoms. The van der Waals surface area contributed by atoms with Crippen molar-refractivity contribution in [3.8, 4) is 0 Å². The lowest BCUT2D eigenvalue weighted by Gasteiger charge is -1.81. The smallest absolute Gasteiger partial charge is 0.0348 e. The van der Waals surface area contributed by atoms with E-state index in [2.05, 4.69) is 9.24 Å². The van der Waals surface area contributed by atoms with Crippen LogP contribution in [0.4, 0.5) is 0 Å². The molecule has 0 aromatic carbocycles. The van der Waals surface area contributed by atoms with Crippen molar-refractivity contribution in [1.82, 2.24) is 0 Å². The zero-order valence-corrected chi connectivity index (χ0v) is 5.96. The van der Waals surface area contributed by atoms with Gasteiger partial charge in [0.05, 0.1) is 0 Å². The fourth-order valence-corrected chi connectivity index (χ4v) is 0.481. The number of hydrogen-bond acceptors (Lipinski definition) is 0. The van der Waals surface area contributed by atoms with Crippen LogP contribution in [0.3, 0.4) is 0 Å². The molecule has 0 heterocycles. The summed E-state index contributed by atoms with van der Waals surface area (Å²) in [5, 5.41) is 1.24. The molecule has 0 bridgehead atoms. The van der Waals surface area contributed by atoms with Crippen molar-refractivity contribution in [1.29, 1.82) is 0 Å². The van der Waals surface area contributed by atoms with Gasteiger partial charge in [-0.05, 0) is 19.2 Å². The lowest BCUT2D eigenvalue weighted by molar-refractivity contribution is 1.66. The van der Waals surface area contributed by atoms with Crippen LogP contribution in [-0.2, 0) is 0 Å². The van der Waals surface area contributed by atoms with Crippen LogP contribution in [0.2, 0.25) is 0 Å². The first kappa shape index (κ1) is 6.91. The molecule has 1 atom stereocenters. The highest BCUT2D eigenvalue weighted by molar-refractivity contribution is 7.22. The summed E-state index contributed by atoms with van der Waals surface area (Å²) in [6.07, 6.45) is 6.11. The van der Waals surface area contributed by atoms with E-state index in [9.17, 15) is 0 Å². The molecule has 0 saturated carbocycles. The first-order chi connectivity index (χ1) is 3.31. The molecule has 7 heavy (non-hydrogen) atoms. The second-order valence-electron chi connectivity index (χ2n) is 1.29. The molecule has 0 saturated heterocycles. The summed E-state index contributed by atoms with van der Waals surface area (Å²) >= 11 is 0. The topological polar surface area (TPSA) is 0 Å². The van der Waals surface area contributed by atoms with Crippen LogP contribution in [0.5, 0.6) is 0 Å². The Morgan fingerprint density at radius 2 is 2.00 bits per heavy atom. The molecule has 0 aliphatic rings. The van der Waals surface area contributed by atoms with Gasteiger partial charge in [0.25, 0.3) is 0 Å². The van der Waals surface area contributed by atoms with E-state index in [0.717, 1.165) is 0 Å². The van der Waals surface area contributed by atoms with Gasteiger partial charge < -0.3 is 0 Å². The van der Waals surface area contributed by atoms with Gasteiger partial charge in [0.1, 0.15) is 0 Å². The van der Waals surface area contributed by atoms with E-state index in [-0.39, 0.29) is 0 Å². The highest BCUT2D eigenvalue weighted by Crippen LogP contribution is 2.04. The fraction of sp³-hybridized carbons (Fsp3) is 0.333. The third-order valence-corrected chi connectivity index (χ3v) is 1.22. The minimum Gasteiger partial charge on any atom is -0.106 e. The van der Waals surface area contributed by atoms with Crippen molar-refractivity contribution >= 4 is 9.24 Å². The minimum absolute atomic E-state index is 1.24. The van der Waals surface area contributed by atoms with Gasteiger partial charge in [0.2, 0.25) is 0 Å². The van der Waals surface area contributed by atoms with Gasteiger partial charge in [0.15, 0.2) is 0 Å². The van der Waals surface area contributed by atoms with E-state index in [4.69, 9.17) is 0 Å². The highest BCUT2D eigenvalue weighted by Gasteiger charge is 1.69. The van der Waals surface area contributed by atoms with Crippen molar-refractivity contribution in [3.05, 3.63) is 23.5 Å². The third-order valence-electron chi connectivity index (χ3n) is 0.692. The van der Waals surface area contributed by atoms with Gasteiger partial charge in [-0.25, -0.2) is 0 Å². The van der Waals surface area contributed by atoms with Gasteiger partial charge in [-0.2, -0.15) is 0 Å². The van der Waals surface area contributed by atoms with E-state index in [0.29, 0.717) is 0 Å². The SMILES string of the molecule is C/C=C\C(P)=C/C. The Morgan fingerprint density at radius 1 is 1.43 bits per heavy atom. The Labute approximate surface area is 47.5 Å². The molecule has 0 aliphatic carbocycles. The molecule has 0 aromatic rings. The van der Waals surface area contributed by atoms with Gasteiger partial charge >= 0.3 is 0 Å². The van der Waals surface area contributed by atoms with Crippen molar-refractivity contribution < 1.29 is 0 Å². The monoisotopic (exact) mass is 114 g/mol. The van der Waals surface area contributed by atoms with E-state index in [1.807, 2.05) is 32.1 Å². The van der Waals surface area contributed by atoms with E-state index >= 15 is 0 Å². The van der Waals surface area contributed by atoms with Gasteiger partial charge in [-0.1, -0.05) is 18.2 Å². The van der Waals surface area contributed by atoms with Crippen LogP contribution in [-0.4, -0.2) is 0 Å². The molecular weight excluding hydrogens is 103 g/mol. The molecule has 0 rings (SSSR count). The molecule has 0 fully saturated rings. The zero-order chi connectivity index (χ0) is 5.70. The number of rotatable bonds is 1.